The Morgan fingerprint density at radius 3 is 2.60 bits per heavy atom. The lowest BCUT2D eigenvalue weighted by Crippen LogP contribution is -2.34. The topological polar surface area (TPSA) is 92.9 Å². The normalized spacial score (nSPS) is 14.2. The van der Waals surface area contributed by atoms with E-state index in [0.29, 0.717) is 18.3 Å². The number of nitrogen functional groups attached to an aromatic ring is 1. The van der Waals surface area contributed by atoms with Crippen LogP contribution in [0.15, 0.2) is 39.9 Å². The molecule has 0 amide bonds. The number of aromatic amines is 1. The molecule has 2 aromatic rings. The molecule has 1 aliphatic rings. The molecule has 1 aliphatic carbocycles. The molecule has 1 aromatic carbocycles. The number of hydrogen-bond acceptors (Lipinski definition) is 4. The Labute approximate surface area is 115 Å². The van der Waals surface area contributed by atoms with E-state index in [1.165, 1.54) is 4.57 Å². The SMILES string of the molecule is Nc1c(NC2CC2)c(=O)[nH]c(=O)n1Cc1ccccc1. The lowest BCUT2D eigenvalue weighted by atomic mass is 10.2. The number of nitrogens with one attached hydrogen (secondary N) is 2. The highest BCUT2D eigenvalue weighted by Crippen LogP contribution is 2.25. The molecule has 0 atom stereocenters. The second kappa shape index (κ2) is 4.88. The van der Waals surface area contributed by atoms with Crippen LogP contribution in [-0.2, 0) is 6.54 Å². The number of H-pyrrole nitrogens is 1. The summed E-state index contributed by atoms with van der Waals surface area (Å²) in [5.41, 5.74) is 6.29. The molecule has 4 N–H and O–H groups in total. The molecule has 3 rings (SSSR count). The molecule has 104 valence electrons. The number of benzene rings is 1. The Morgan fingerprint density at radius 1 is 1.25 bits per heavy atom. The van der Waals surface area contributed by atoms with Crippen molar-refractivity contribution in [3.63, 3.8) is 0 Å². The maximum Gasteiger partial charge on any atom is 0.330 e. The summed E-state index contributed by atoms with van der Waals surface area (Å²) < 4.78 is 1.38. The highest BCUT2D eigenvalue weighted by Gasteiger charge is 2.24. The predicted octanol–water partition coefficient (Wildman–Crippen LogP) is 0.741. The van der Waals surface area contributed by atoms with Crippen molar-refractivity contribution in [2.24, 2.45) is 0 Å². The number of aromatic nitrogens is 2. The molecule has 6 heteroatoms. The minimum absolute atomic E-state index is 0.189. The van der Waals surface area contributed by atoms with Gasteiger partial charge in [0.25, 0.3) is 5.56 Å². The van der Waals surface area contributed by atoms with Crippen LogP contribution in [0.4, 0.5) is 11.5 Å². The van der Waals surface area contributed by atoms with Crippen molar-refractivity contribution in [3.05, 3.63) is 56.7 Å². The van der Waals surface area contributed by atoms with Gasteiger partial charge in [0.05, 0.1) is 6.54 Å². The second-order valence-corrected chi connectivity index (χ2v) is 5.01. The van der Waals surface area contributed by atoms with Gasteiger partial charge in [-0.05, 0) is 18.4 Å². The van der Waals surface area contributed by atoms with Crippen LogP contribution in [0.3, 0.4) is 0 Å². The van der Waals surface area contributed by atoms with Gasteiger partial charge in [-0.2, -0.15) is 0 Å². The predicted molar refractivity (Wildman–Crippen MR) is 77.9 cm³/mol. The van der Waals surface area contributed by atoms with Gasteiger partial charge in [0, 0.05) is 6.04 Å². The summed E-state index contributed by atoms with van der Waals surface area (Å²) in [5, 5.41) is 3.08. The van der Waals surface area contributed by atoms with Gasteiger partial charge in [-0.3, -0.25) is 14.3 Å². The number of hydrogen-bond donors (Lipinski definition) is 3. The Bertz CT molecular complexity index is 729. The van der Waals surface area contributed by atoms with Gasteiger partial charge >= 0.3 is 5.69 Å². The zero-order valence-corrected chi connectivity index (χ0v) is 10.9. The van der Waals surface area contributed by atoms with E-state index in [2.05, 4.69) is 10.3 Å². The van der Waals surface area contributed by atoms with Crippen molar-refractivity contribution in [3.8, 4) is 0 Å². The van der Waals surface area contributed by atoms with Gasteiger partial charge < -0.3 is 11.1 Å². The number of nitrogens with two attached hydrogens (primary N) is 1. The van der Waals surface area contributed by atoms with Gasteiger partial charge in [0.15, 0.2) is 0 Å². The largest absolute Gasteiger partial charge is 0.383 e. The van der Waals surface area contributed by atoms with E-state index in [4.69, 9.17) is 5.73 Å². The summed E-state index contributed by atoms with van der Waals surface area (Å²) in [6, 6.07) is 9.80. The Balaban J connectivity index is 2.01. The van der Waals surface area contributed by atoms with E-state index in [1.807, 2.05) is 30.3 Å². The number of nitrogens with zero attached hydrogens (tertiary/aromatic N) is 1. The molecule has 0 aliphatic heterocycles. The minimum Gasteiger partial charge on any atom is -0.383 e. The lowest BCUT2D eigenvalue weighted by molar-refractivity contribution is 0.733. The van der Waals surface area contributed by atoms with Crippen molar-refractivity contribution < 1.29 is 0 Å². The minimum atomic E-state index is -0.488. The summed E-state index contributed by atoms with van der Waals surface area (Å²) in [4.78, 5) is 26.0. The number of anilines is 2. The fourth-order valence-corrected chi connectivity index (χ4v) is 2.08. The molecule has 0 bridgehead atoms. The monoisotopic (exact) mass is 272 g/mol. The molecule has 0 radical (unpaired) electrons. The van der Waals surface area contributed by atoms with E-state index < -0.39 is 11.2 Å². The molecular weight excluding hydrogens is 256 g/mol. The van der Waals surface area contributed by atoms with E-state index in [-0.39, 0.29) is 5.82 Å². The van der Waals surface area contributed by atoms with Crippen LogP contribution in [0.25, 0.3) is 0 Å². The highest BCUT2D eigenvalue weighted by molar-refractivity contribution is 5.61. The summed E-state index contributed by atoms with van der Waals surface area (Å²) >= 11 is 0. The van der Waals surface area contributed by atoms with Gasteiger partial charge in [-0.1, -0.05) is 30.3 Å². The molecule has 0 saturated heterocycles. The van der Waals surface area contributed by atoms with Crippen molar-refractivity contribution in [1.29, 1.82) is 0 Å². The third kappa shape index (κ3) is 2.45. The van der Waals surface area contributed by atoms with Crippen molar-refractivity contribution in [2.75, 3.05) is 11.1 Å². The average molecular weight is 272 g/mol. The van der Waals surface area contributed by atoms with Crippen LogP contribution in [0.1, 0.15) is 18.4 Å². The second-order valence-electron chi connectivity index (χ2n) is 5.01. The Hall–Kier alpha value is -2.50. The summed E-state index contributed by atoms with van der Waals surface area (Å²) in [7, 11) is 0. The zero-order valence-electron chi connectivity index (χ0n) is 10.9. The number of rotatable bonds is 4. The van der Waals surface area contributed by atoms with Gasteiger partial charge in [0.2, 0.25) is 0 Å². The molecule has 6 nitrogen and oxygen atoms in total. The first-order chi connectivity index (χ1) is 9.65. The summed E-state index contributed by atoms with van der Waals surface area (Å²) in [6.07, 6.45) is 2.05. The maximum absolute atomic E-state index is 11.9. The van der Waals surface area contributed by atoms with E-state index in [9.17, 15) is 9.59 Å². The Kier molecular flexibility index (Phi) is 3.06. The van der Waals surface area contributed by atoms with Crippen LogP contribution in [0.5, 0.6) is 0 Å². The molecule has 1 fully saturated rings. The molecule has 1 aromatic heterocycles. The molecule has 1 heterocycles. The van der Waals surface area contributed by atoms with Gasteiger partial charge in [0.1, 0.15) is 11.5 Å². The fraction of sp³-hybridized carbons (Fsp3) is 0.286. The van der Waals surface area contributed by atoms with Crippen LogP contribution in [-0.4, -0.2) is 15.6 Å². The van der Waals surface area contributed by atoms with E-state index in [0.717, 1.165) is 18.4 Å². The van der Waals surface area contributed by atoms with Crippen LogP contribution >= 0.6 is 0 Å². The van der Waals surface area contributed by atoms with Crippen LogP contribution < -0.4 is 22.3 Å². The molecule has 0 unspecified atom stereocenters. The van der Waals surface area contributed by atoms with Crippen LogP contribution in [0, 0.1) is 0 Å². The van der Waals surface area contributed by atoms with E-state index >= 15 is 0 Å². The molecule has 1 saturated carbocycles. The fourth-order valence-electron chi connectivity index (χ4n) is 2.08. The van der Waals surface area contributed by atoms with Crippen molar-refractivity contribution >= 4 is 11.5 Å². The zero-order chi connectivity index (χ0) is 14.1. The van der Waals surface area contributed by atoms with E-state index in [1.54, 1.807) is 0 Å². The van der Waals surface area contributed by atoms with Crippen molar-refractivity contribution in [1.82, 2.24) is 9.55 Å². The Morgan fingerprint density at radius 2 is 1.95 bits per heavy atom. The quantitative estimate of drug-likeness (QED) is 0.765. The third-order valence-corrected chi connectivity index (χ3v) is 3.35. The first-order valence-electron chi connectivity index (χ1n) is 6.58. The first-order valence-corrected chi connectivity index (χ1v) is 6.58. The smallest absolute Gasteiger partial charge is 0.330 e. The summed E-state index contributed by atoms with van der Waals surface area (Å²) in [5.74, 6) is 0.189. The molecule has 20 heavy (non-hydrogen) atoms. The van der Waals surface area contributed by atoms with Crippen LogP contribution in [0.2, 0.25) is 0 Å². The highest BCUT2D eigenvalue weighted by atomic mass is 16.2. The lowest BCUT2D eigenvalue weighted by Gasteiger charge is -2.13. The third-order valence-electron chi connectivity index (χ3n) is 3.35. The first kappa shape index (κ1) is 12.5. The van der Waals surface area contributed by atoms with Crippen molar-refractivity contribution in [2.45, 2.75) is 25.4 Å². The standard InChI is InChI=1S/C14H16N4O2/c15-12-11(16-10-6-7-10)13(19)17-14(20)18(12)8-9-4-2-1-3-5-9/h1-5,10,16H,6-8,15H2,(H,17,19,20). The van der Waals surface area contributed by atoms with Gasteiger partial charge in [-0.15, -0.1) is 0 Å². The molecule has 0 spiro atoms. The average Bonchev–Trinajstić information content (AvgIpc) is 3.25. The maximum atomic E-state index is 11.9. The van der Waals surface area contributed by atoms with Gasteiger partial charge in [-0.25, -0.2) is 4.79 Å². The molecular formula is C14H16N4O2. The summed E-state index contributed by atoms with van der Waals surface area (Å²) in [6.45, 7) is 0.335.